The van der Waals surface area contributed by atoms with E-state index in [1.165, 1.54) is 12.1 Å². The molecule has 0 aliphatic carbocycles. The van der Waals surface area contributed by atoms with Crippen LogP contribution >= 0.6 is 11.6 Å². The molecule has 5 rings (SSSR count). The highest BCUT2D eigenvalue weighted by molar-refractivity contribution is 6.33. The number of imidazole rings is 1. The van der Waals surface area contributed by atoms with E-state index in [1.807, 2.05) is 32.9 Å². The lowest BCUT2D eigenvalue weighted by Gasteiger charge is -2.18. The van der Waals surface area contributed by atoms with Gasteiger partial charge in [-0.15, -0.1) is 0 Å². The summed E-state index contributed by atoms with van der Waals surface area (Å²) in [6, 6.07) is 11.5. The van der Waals surface area contributed by atoms with Crippen LogP contribution in [0.25, 0.3) is 11.0 Å². The fourth-order valence-corrected chi connectivity index (χ4v) is 4.57. The molecule has 2 heterocycles. The van der Waals surface area contributed by atoms with Crippen LogP contribution in [0, 0.1) is 6.92 Å². The first-order valence-corrected chi connectivity index (χ1v) is 11.5. The maximum atomic E-state index is 13.2. The van der Waals surface area contributed by atoms with Gasteiger partial charge in [-0.25, -0.2) is 4.98 Å². The molecular weight excluding hydrogens is 493 g/mol. The quantitative estimate of drug-likeness (QED) is 0.268. The average Bonchev–Trinajstić information content (AvgIpc) is 3.34. The van der Waals surface area contributed by atoms with Gasteiger partial charge in [-0.05, 0) is 62.7 Å². The highest BCUT2D eigenvalue weighted by Crippen LogP contribution is 2.43. The molecule has 10 heteroatoms. The Kier molecular flexibility index (Phi) is 5.63. The predicted molar refractivity (Wildman–Crippen MR) is 133 cm³/mol. The van der Waals surface area contributed by atoms with E-state index in [-0.39, 0.29) is 11.3 Å². The van der Waals surface area contributed by atoms with Crippen LogP contribution in [0.2, 0.25) is 5.02 Å². The summed E-state index contributed by atoms with van der Waals surface area (Å²) >= 11 is 6.35. The lowest BCUT2D eigenvalue weighted by molar-refractivity contribution is -0.137. The van der Waals surface area contributed by atoms with E-state index in [0.29, 0.717) is 39.9 Å². The molecule has 0 saturated carbocycles. The van der Waals surface area contributed by atoms with Crippen molar-refractivity contribution in [3.8, 4) is 5.75 Å². The van der Waals surface area contributed by atoms with E-state index in [0.717, 1.165) is 23.3 Å². The molecule has 0 bridgehead atoms. The molecule has 0 fully saturated rings. The van der Waals surface area contributed by atoms with E-state index >= 15 is 0 Å². The Labute approximate surface area is 209 Å². The second-order valence-electron chi connectivity index (χ2n) is 9.34. The first-order valence-electron chi connectivity index (χ1n) is 11.2. The molecular formula is C26H22ClF3N4O2. The van der Waals surface area contributed by atoms with Crippen molar-refractivity contribution in [1.82, 2.24) is 9.97 Å². The molecule has 1 aliphatic rings. The van der Waals surface area contributed by atoms with Crippen molar-refractivity contribution in [2.45, 2.75) is 39.0 Å². The molecule has 1 aliphatic heterocycles. The van der Waals surface area contributed by atoms with Gasteiger partial charge in [0.05, 0.1) is 32.9 Å². The van der Waals surface area contributed by atoms with Crippen LogP contribution < -0.4 is 15.4 Å². The molecule has 36 heavy (non-hydrogen) atoms. The van der Waals surface area contributed by atoms with Crippen molar-refractivity contribution >= 4 is 45.9 Å². The molecule has 0 atom stereocenters. The number of fused-ring (bicyclic) bond motifs is 3. The number of hydrogen-bond donors (Lipinski definition) is 3. The summed E-state index contributed by atoms with van der Waals surface area (Å²) in [7, 11) is 0. The Morgan fingerprint density at radius 1 is 1.17 bits per heavy atom. The Bertz CT molecular complexity index is 1470. The predicted octanol–water partition coefficient (Wildman–Crippen LogP) is 7.25. The molecule has 0 radical (unpaired) electrons. The number of alkyl halides is 3. The molecule has 3 aromatic carbocycles. The third-order valence-corrected chi connectivity index (χ3v) is 6.30. The number of amides is 1. The van der Waals surface area contributed by atoms with Crippen LogP contribution in [0.1, 0.15) is 40.9 Å². The van der Waals surface area contributed by atoms with Crippen molar-refractivity contribution in [1.29, 1.82) is 0 Å². The van der Waals surface area contributed by atoms with Crippen LogP contribution in [-0.2, 0) is 12.6 Å². The summed E-state index contributed by atoms with van der Waals surface area (Å²) in [4.78, 5) is 21.1. The summed E-state index contributed by atoms with van der Waals surface area (Å²) in [6.45, 7) is 5.75. The Balaban J connectivity index is 1.51. The number of anilines is 3. The van der Waals surface area contributed by atoms with Crippen LogP contribution in [0.15, 0.2) is 48.5 Å². The van der Waals surface area contributed by atoms with Crippen LogP contribution in [-0.4, -0.2) is 21.5 Å². The molecule has 0 saturated heterocycles. The lowest BCUT2D eigenvalue weighted by Crippen LogP contribution is -2.25. The number of halogens is 4. The highest BCUT2D eigenvalue weighted by atomic mass is 35.5. The summed E-state index contributed by atoms with van der Waals surface area (Å²) in [5, 5.41) is 6.43. The van der Waals surface area contributed by atoms with Crippen LogP contribution in [0.5, 0.6) is 5.75 Å². The summed E-state index contributed by atoms with van der Waals surface area (Å²) in [6.07, 6.45) is -3.93. The monoisotopic (exact) mass is 514 g/mol. The van der Waals surface area contributed by atoms with Gasteiger partial charge in [0.1, 0.15) is 11.4 Å². The smallest absolute Gasteiger partial charge is 0.416 e. The van der Waals surface area contributed by atoms with Crippen LogP contribution in [0.4, 0.5) is 30.5 Å². The molecule has 6 nitrogen and oxygen atoms in total. The number of nitrogens with zero attached hydrogens (tertiary/aromatic N) is 1. The van der Waals surface area contributed by atoms with Gasteiger partial charge in [0.25, 0.3) is 5.91 Å². The maximum Gasteiger partial charge on any atom is 0.416 e. The number of aromatic amines is 1. The SMILES string of the molecule is Cc1cccc(Cl)c1Nc1nc2c3c(c(C(=O)Nc4ccc(C(F)(F)F)cc4)cc2[nH]1)OC(C)(C)C3. The second-order valence-corrected chi connectivity index (χ2v) is 9.75. The van der Waals surface area contributed by atoms with E-state index < -0.39 is 23.2 Å². The lowest BCUT2D eigenvalue weighted by atomic mass is 9.98. The van der Waals surface area contributed by atoms with Gasteiger partial charge in [0.2, 0.25) is 5.95 Å². The molecule has 0 spiro atoms. The number of ether oxygens (including phenoxy) is 1. The van der Waals surface area contributed by atoms with Crippen molar-refractivity contribution < 1.29 is 22.7 Å². The maximum absolute atomic E-state index is 13.2. The van der Waals surface area contributed by atoms with Crippen molar-refractivity contribution in [3.05, 3.63) is 75.8 Å². The van der Waals surface area contributed by atoms with Gasteiger partial charge in [-0.2, -0.15) is 13.2 Å². The zero-order valence-electron chi connectivity index (χ0n) is 19.6. The number of rotatable bonds is 4. The topological polar surface area (TPSA) is 79.0 Å². The third-order valence-electron chi connectivity index (χ3n) is 5.99. The van der Waals surface area contributed by atoms with Gasteiger partial charge < -0.3 is 20.4 Å². The number of hydrogen-bond acceptors (Lipinski definition) is 4. The largest absolute Gasteiger partial charge is 0.486 e. The summed E-state index contributed by atoms with van der Waals surface area (Å²) in [5.74, 6) is 0.356. The third kappa shape index (κ3) is 4.46. The highest BCUT2D eigenvalue weighted by Gasteiger charge is 2.36. The first kappa shape index (κ1) is 24.0. The number of carbonyl (C=O) groups is 1. The normalized spacial score (nSPS) is 14.4. The van der Waals surface area contributed by atoms with E-state index in [1.54, 1.807) is 12.1 Å². The van der Waals surface area contributed by atoms with E-state index in [9.17, 15) is 18.0 Å². The Morgan fingerprint density at radius 2 is 1.89 bits per heavy atom. The van der Waals surface area contributed by atoms with Gasteiger partial charge >= 0.3 is 6.18 Å². The number of nitrogens with one attached hydrogen (secondary N) is 3. The number of carbonyl (C=O) groups excluding carboxylic acids is 1. The zero-order chi connectivity index (χ0) is 25.8. The van der Waals surface area contributed by atoms with Gasteiger partial charge in [0, 0.05) is 17.7 Å². The Hall–Kier alpha value is -3.72. The molecule has 186 valence electrons. The van der Waals surface area contributed by atoms with E-state index in [4.69, 9.17) is 21.3 Å². The average molecular weight is 515 g/mol. The van der Waals surface area contributed by atoms with Crippen molar-refractivity contribution in [2.24, 2.45) is 0 Å². The standard InChI is InChI=1S/C26H22ClF3N4O2/c1-13-5-4-6-18(27)20(13)33-24-32-19-11-16(22-17(21(19)34-24)12-25(2,3)36-22)23(35)31-15-9-7-14(8-10-15)26(28,29)30/h4-11H,12H2,1-3H3,(H,31,35)(H2,32,33,34). The number of aryl methyl sites for hydroxylation is 1. The fourth-order valence-electron chi connectivity index (χ4n) is 4.30. The number of aromatic nitrogens is 2. The zero-order valence-corrected chi connectivity index (χ0v) is 20.4. The summed E-state index contributed by atoms with van der Waals surface area (Å²) < 4.78 is 44.7. The van der Waals surface area contributed by atoms with Crippen LogP contribution in [0.3, 0.4) is 0 Å². The first-order chi connectivity index (χ1) is 16.9. The minimum Gasteiger partial charge on any atom is -0.486 e. The Morgan fingerprint density at radius 3 is 2.56 bits per heavy atom. The van der Waals surface area contributed by atoms with Crippen molar-refractivity contribution in [3.63, 3.8) is 0 Å². The van der Waals surface area contributed by atoms with Crippen molar-refractivity contribution in [2.75, 3.05) is 10.6 Å². The summed E-state index contributed by atoms with van der Waals surface area (Å²) in [5.41, 5.74) is 2.84. The number of H-pyrrole nitrogens is 1. The van der Waals surface area contributed by atoms with E-state index in [2.05, 4.69) is 15.6 Å². The molecule has 1 amide bonds. The fraction of sp³-hybridized carbons (Fsp3) is 0.231. The van der Waals surface area contributed by atoms with Gasteiger partial charge in [-0.1, -0.05) is 23.7 Å². The van der Waals surface area contributed by atoms with Gasteiger partial charge in [-0.3, -0.25) is 4.79 Å². The molecule has 1 aromatic heterocycles. The number of benzene rings is 3. The molecule has 3 N–H and O–H groups in total. The minimum absolute atomic E-state index is 0.236. The molecule has 0 unspecified atom stereocenters. The second kappa shape index (κ2) is 8.44. The number of para-hydroxylation sites is 1. The molecule has 4 aromatic rings. The minimum atomic E-state index is -4.46. The van der Waals surface area contributed by atoms with Gasteiger partial charge in [0.15, 0.2) is 0 Å².